The van der Waals surface area contributed by atoms with Crippen molar-refractivity contribution in [1.82, 2.24) is 0 Å². The van der Waals surface area contributed by atoms with Gasteiger partial charge in [0.15, 0.2) is 0 Å². The standard InChI is InChI=1S/C23H20F3NO/c24-23(25,26)21-9-2-6-17(14-21)5-1-4-16-10-12-18(13-11-16)19-7-3-8-20(15-19)22(27)28/h2-3,6-15H,1,4-5H2,(H2,27,28). The van der Waals surface area contributed by atoms with Crippen molar-refractivity contribution in [2.24, 2.45) is 5.73 Å². The molecule has 0 fully saturated rings. The number of carbonyl (C=O) groups is 1. The predicted molar refractivity (Wildman–Crippen MR) is 104 cm³/mol. The molecule has 0 saturated heterocycles. The number of benzene rings is 3. The highest BCUT2D eigenvalue weighted by Crippen LogP contribution is 2.30. The van der Waals surface area contributed by atoms with Crippen LogP contribution in [0.4, 0.5) is 13.2 Å². The Kier molecular flexibility index (Phi) is 5.83. The number of halogens is 3. The van der Waals surface area contributed by atoms with E-state index >= 15 is 0 Å². The molecule has 5 heteroatoms. The van der Waals surface area contributed by atoms with Gasteiger partial charge in [-0.15, -0.1) is 0 Å². The van der Waals surface area contributed by atoms with Crippen LogP contribution in [0.15, 0.2) is 72.8 Å². The van der Waals surface area contributed by atoms with Crippen molar-refractivity contribution in [1.29, 1.82) is 0 Å². The van der Waals surface area contributed by atoms with Crippen LogP contribution in [-0.4, -0.2) is 5.91 Å². The lowest BCUT2D eigenvalue weighted by molar-refractivity contribution is -0.137. The summed E-state index contributed by atoms with van der Waals surface area (Å²) in [7, 11) is 0. The van der Waals surface area contributed by atoms with Gasteiger partial charge < -0.3 is 5.73 Å². The van der Waals surface area contributed by atoms with Gasteiger partial charge in [-0.1, -0.05) is 54.6 Å². The van der Waals surface area contributed by atoms with E-state index in [1.165, 1.54) is 12.1 Å². The Morgan fingerprint density at radius 2 is 1.46 bits per heavy atom. The first kappa shape index (κ1) is 19.7. The molecular formula is C23H20F3NO. The van der Waals surface area contributed by atoms with Crippen LogP contribution < -0.4 is 5.73 Å². The minimum absolute atomic E-state index is 0.461. The van der Waals surface area contributed by atoms with Gasteiger partial charge in [0.25, 0.3) is 0 Å². The maximum atomic E-state index is 12.8. The minimum Gasteiger partial charge on any atom is -0.366 e. The van der Waals surface area contributed by atoms with Crippen molar-refractivity contribution in [3.63, 3.8) is 0 Å². The number of aryl methyl sites for hydroxylation is 2. The predicted octanol–water partition coefficient (Wildman–Crippen LogP) is 5.65. The summed E-state index contributed by atoms with van der Waals surface area (Å²) in [6.45, 7) is 0. The Hall–Kier alpha value is -3.08. The monoisotopic (exact) mass is 383 g/mol. The Bertz CT molecular complexity index is 962. The molecule has 0 atom stereocenters. The molecule has 3 rings (SSSR count). The van der Waals surface area contributed by atoms with Gasteiger partial charge in [0.05, 0.1) is 5.56 Å². The molecule has 0 bridgehead atoms. The molecule has 28 heavy (non-hydrogen) atoms. The third-order valence-corrected chi connectivity index (χ3v) is 4.62. The minimum atomic E-state index is -4.31. The molecule has 0 saturated carbocycles. The number of primary amides is 1. The summed E-state index contributed by atoms with van der Waals surface area (Å²) in [5.41, 5.74) is 8.86. The molecule has 144 valence electrons. The average Bonchev–Trinajstić information content (AvgIpc) is 2.68. The maximum Gasteiger partial charge on any atom is 0.416 e. The second kappa shape index (κ2) is 8.30. The van der Waals surface area contributed by atoms with Gasteiger partial charge >= 0.3 is 6.18 Å². The molecule has 0 heterocycles. The van der Waals surface area contributed by atoms with E-state index in [-0.39, 0.29) is 0 Å². The van der Waals surface area contributed by atoms with Gasteiger partial charge in [-0.25, -0.2) is 0 Å². The van der Waals surface area contributed by atoms with Gasteiger partial charge in [0.2, 0.25) is 5.91 Å². The number of nitrogens with two attached hydrogens (primary N) is 1. The van der Waals surface area contributed by atoms with E-state index in [1.807, 2.05) is 30.3 Å². The molecule has 0 aliphatic heterocycles. The number of carbonyl (C=O) groups excluding carboxylic acids is 1. The summed E-state index contributed by atoms with van der Waals surface area (Å²) in [6.07, 6.45) is -2.18. The van der Waals surface area contributed by atoms with Gasteiger partial charge in [-0.05, 0) is 59.7 Å². The zero-order valence-electron chi connectivity index (χ0n) is 15.2. The number of rotatable bonds is 6. The van der Waals surface area contributed by atoms with Crippen LogP contribution in [0.3, 0.4) is 0 Å². The summed E-state index contributed by atoms with van der Waals surface area (Å²) in [5, 5.41) is 0. The van der Waals surface area contributed by atoms with Crippen molar-refractivity contribution in [3.8, 4) is 11.1 Å². The Morgan fingerprint density at radius 1 is 0.786 bits per heavy atom. The summed E-state index contributed by atoms with van der Waals surface area (Å²) < 4.78 is 38.3. The first-order valence-corrected chi connectivity index (χ1v) is 8.98. The molecule has 0 aliphatic carbocycles. The number of alkyl halides is 3. The molecule has 0 radical (unpaired) electrons. The highest BCUT2D eigenvalue weighted by atomic mass is 19.4. The molecule has 0 aliphatic rings. The zero-order valence-corrected chi connectivity index (χ0v) is 15.2. The highest BCUT2D eigenvalue weighted by Gasteiger charge is 2.30. The largest absolute Gasteiger partial charge is 0.416 e. The van der Waals surface area contributed by atoms with Crippen LogP contribution in [0.25, 0.3) is 11.1 Å². The molecular weight excluding hydrogens is 363 g/mol. The fourth-order valence-corrected chi connectivity index (χ4v) is 3.12. The summed E-state index contributed by atoms with van der Waals surface area (Å²) >= 11 is 0. The first-order chi connectivity index (χ1) is 13.3. The molecule has 0 unspecified atom stereocenters. The van der Waals surface area contributed by atoms with E-state index in [4.69, 9.17) is 5.73 Å². The Labute approximate surface area is 161 Å². The number of hydrogen-bond donors (Lipinski definition) is 1. The maximum absolute atomic E-state index is 12.8. The van der Waals surface area contributed by atoms with Crippen molar-refractivity contribution < 1.29 is 18.0 Å². The number of hydrogen-bond acceptors (Lipinski definition) is 1. The van der Waals surface area contributed by atoms with Crippen LogP contribution in [0.2, 0.25) is 0 Å². The molecule has 2 nitrogen and oxygen atoms in total. The first-order valence-electron chi connectivity index (χ1n) is 8.98. The van der Waals surface area contributed by atoms with Gasteiger partial charge in [0.1, 0.15) is 0 Å². The molecule has 0 spiro atoms. The van der Waals surface area contributed by atoms with E-state index in [2.05, 4.69) is 0 Å². The average molecular weight is 383 g/mol. The van der Waals surface area contributed by atoms with Crippen molar-refractivity contribution in [2.75, 3.05) is 0 Å². The normalized spacial score (nSPS) is 11.4. The SMILES string of the molecule is NC(=O)c1cccc(-c2ccc(CCCc3cccc(C(F)(F)F)c3)cc2)c1. The van der Waals surface area contributed by atoms with Crippen molar-refractivity contribution in [2.45, 2.75) is 25.4 Å². The molecule has 2 N–H and O–H groups in total. The molecule has 1 amide bonds. The summed E-state index contributed by atoms with van der Waals surface area (Å²) in [4.78, 5) is 11.3. The van der Waals surface area contributed by atoms with Gasteiger partial charge in [0, 0.05) is 5.56 Å². The lowest BCUT2D eigenvalue weighted by Gasteiger charge is -2.09. The van der Waals surface area contributed by atoms with Gasteiger partial charge in [-0.2, -0.15) is 13.2 Å². The topological polar surface area (TPSA) is 43.1 Å². The third-order valence-electron chi connectivity index (χ3n) is 4.62. The second-order valence-electron chi connectivity index (χ2n) is 6.69. The number of amides is 1. The fourth-order valence-electron chi connectivity index (χ4n) is 3.12. The smallest absolute Gasteiger partial charge is 0.366 e. The van der Waals surface area contributed by atoms with E-state index in [1.54, 1.807) is 24.3 Å². The third kappa shape index (κ3) is 5.00. The van der Waals surface area contributed by atoms with Crippen LogP contribution in [-0.2, 0) is 19.0 Å². The van der Waals surface area contributed by atoms with Crippen LogP contribution in [0.1, 0.15) is 33.5 Å². The molecule has 3 aromatic carbocycles. The van der Waals surface area contributed by atoms with E-state index in [0.717, 1.165) is 35.6 Å². The van der Waals surface area contributed by atoms with Gasteiger partial charge in [-0.3, -0.25) is 4.79 Å². The summed E-state index contributed by atoms with van der Waals surface area (Å²) in [6, 6.07) is 20.6. The highest BCUT2D eigenvalue weighted by molar-refractivity contribution is 5.94. The Balaban J connectivity index is 1.61. The van der Waals surface area contributed by atoms with Crippen LogP contribution >= 0.6 is 0 Å². The van der Waals surface area contributed by atoms with E-state index < -0.39 is 17.6 Å². The lowest BCUT2D eigenvalue weighted by atomic mass is 9.99. The van der Waals surface area contributed by atoms with Crippen molar-refractivity contribution >= 4 is 5.91 Å². The molecule has 0 aromatic heterocycles. The fraction of sp³-hybridized carbons (Fsp3) is 0.174. The summed E-state index contributed by atoms with van der Waals surface area (Å²) in [5.74, 6) is -0.465. The van der Waals surface area contributed by atoms with E-state index in [0.29, 0.717) is 17.5 Å². The lowest BCUT2D eigenvalue weighted by Crippen LogP contribution is -2.10. The zero-order chi connectivity index (χ0) is 20.1. The quantitative estimate of drug-likeness (QED) is 0.588. The van der Waals surface area contributed by atoms with Crippen molar-refractivity contribution in [3.05, 3.63) is 95.1 Å². The second-order valence-corrected chi connectivity index (χ2v) is 6.69. The Morgan fingerprint density at radius 3 is 2.14 bits per heavy atom. The van der Waals surface area contributed by atoms with E-state index in [9.17, 15) is 18.0 Å². The van der Waals surface area contributed by atoms with Crippen LogP contribution in [0.5, 0.6) is 0 Å². The molecule has 3 aromatic rings. The van der Waals surface area contributed by atoms with Crippen LogP contribution in [0, 0.1) is 0 Å².